The standard InChI is InChI=1S/C29H33F6NO3/c1-16-11-22(36(3)15-20-13-21(28(30,31)32)7-8-24(20)29(33,34)35)14-23(16)25-9-6-19-5-4-18(12-26(19)39-25)10-17(2)27(37)38/h4-5,7-8,12-13,16-17,22-23,25H,6,9-11,14-15H2,1-3H3,(H,37,38). The fourth-order valence-electron chi connectivity index (χ4n) is 6.00. The van der Waals surface area contributed by atoms with Crippen LogP contribution in [0, 0.1) is 17.8 Å². The molecule has 0 bridgehead atoms. The second kappa shape index (κ2) is 11.0. The Morgan fingerprint density at radius 2 is 1.79 bits per heavy atom. The number of carboxylic acid groups (broad SMARTS) is 1. The molecule has 5 atom stereocenters. The van der Waals surface area contributed by atoms with Gasteiger partial charge in [-0.05, 0) is 91.9 Å². The third-order valence-electron chi connectivity index (χ3n) is 8.25. The summed E-state index contributed by atoms with van der Waals surface area (Å²) in [5, 5.41) is 9.22. The summed E-state index contributed by atoms with van der Waals surface area (Å²) in [6.45, 7) is 3.48. The molecule has 0 spiro atoms. The minimum atomic E-state index is -4.75. The van der Waals surface area contributed by atoms with Crippen LogP contribution >= 0.6 is 0 Å². The highest BCUT2D eigenvalue weighted by atomic mass is 19.4. The molecule has 39 heavy (non-hydrogen) atoms. The zero-order valence-corrected chi connectivity index (χ0v) is 22.1. The van der Waals surface area contributed by atoms with Gasteiger partial charge in [0.1, 0.15) is 11.9 Å². The normalized spacial score (nSPS) is 24.4. The minimum Gasteiger partial charge on any atom is -0.490 e. The number of alkyl halides is 6. The van der Waals surface area contributed by atoms with Crippen LogP contribution in [0.5, 0.6) is 5.75 Å². The van der Waals surface area contributed by atoms with Crippen LogP contribution in [0.2, 0.25) is 0 Å². The van der Waals surface area contributed by atoms with Gasteiger partial charge in [0.15, 0.2) is 0 Å². The number of rotatable bonds is 7. The summed E-state index contributed by atoms with van der Waals surface area (Å²) in [4.78, 5) is 13.0. The second-order valence-electron chi connectivity index (χ2n) is 11.1. The van der Waals surface area contributed by atoms with E-state index < -0.39 is 35.4 Å². The smallest absolute Gasteiger partial charge is 0.416 e. The molecule has 1 saturated carbocycles. The topological polar surface area (TPSA) is 49.8 Å². The predicted molar refractivity (Wildman–Crippen MR) is 133 cm³/mol. The van der Waals surface area contributed by atoms with Gasteiger partial charge in [-0.15, -0.1) is 0 Å². The molecular formula is C29H33F6NO3. The number of fused-ring (bicyclic) bond motifs is 1. The molecule has 5 unspecified atom stereocenters. The van der Waals surface area contributed by atoms with E-state index in [0.717, 1.165) is 29.7 Å². The minimum absolute atomic E-state index is 0.0997. The molecule has 0 radical (unpaired) electrons. The van der Waals surface area contributed by atoms with Gasteiger partial charge in [-0.25, -0.2) is 0 Å². The molecule has 0 aromatic heterocycles. The van der Waals surface area contributed by atoms with Crippen molar-refractivity contribution in [2.75, 3.05) is 7.05 Å². The summed E-state index contributed by atoms with van der Waals surface area (Å²) < 4.78 is 86.9. The second-order valence-corrected chi connectivity index (χ2v) is 11.1. The van der Waals surface area contributed by atoms with Gasteiger partial charge < -0.3 is 9.84 Å². The highest BCUT2D eigenvalue weighted by molar-refractivity contribution is 5.70. The van der Waals surface area contributed by atoms with Crippen molar-refractivity contribution in [1.29, 1.82) is 0 Å². The van der Waals surface area contributed by atoms with Gasteiger partial charge in [-0.1, -0.05) is 26.0 Å². The lowest BCUT2D eigenvalue weighted by Crippen LogP contribution is -2.34. The number of halogens is 6. The van der Waals surface area contributed by atoms with Crippen LogP contribution in [0.3, 0.4) is 0 Å². The third-order valence-corrected chi connectivity index (χ3v) is 8.25. The molecular weight excluding hydrogens is 524 g/mol. The number of aliphatic carboxylic acids is 1. The van der Waals surface area contributed by atoms with Gasteiger partial charge in [0.25, 0.3) is 0 Å². The predicted octanol–water partition coefficient (Wildman–Crippen LogP) is 7.23. The van der Waals surface area contributed by atoms with E-state index in [1.807, 2.05) is 18.2 Å². The molecule has 2 aromatic rings. The number of hydrogen-bond donors (Lipinski definition) is 1. The fourth-order valence-corrected chi connectivity index (χ4v) is 6.00. The van der Waals surface area contributed by atoms with Crippen molar-refractivity contribution in [3.63, 3.8) is 0 Å². The number of hydrogen-bond acceptors (Lipinski definition) is 3. The maximum atomic E-state index is 13.6. The summed E-state index contributed by atoms with van der Waals surface area (Å²) in [7, 11) is 1.66. The average molecular weight is 558 g/mol. The zero-order chi connectivity index (χ0) is 28.7. The molecule has 2 aromatic carbocycles. The van der Waals surface area contributed by atoms with Crippen molar-refractivity contribution in [2.24, 2.45) is 17.8 Å². The maximum Gasteiger partial charge on any atom is 0.416 e. The lowest BCUT2D eigenvalue weighted by molar-refractivity contribution is -0.142. The molecule has 214 valence electrons. The number of ether oxygens (including phenoxy) is 1. The van der Waals surface area contributed by atoms with Gasteiger partial charge >= 0.3 is 18.3 Å². The Kier molecular flexibility index (Phi) is 8.26. The first kappa shape index (κ1) is 29.2. The Bertz CT molecular complexity index is 1190. The number of carbonyl (C=O) groups is 1. The van der Waals surface area contributed by atoms with E-state index in [-0.39, 0.29) is 36.1 Å². The molecule has 0 saturated heterocycles. The van der Waals surface area contributed by atoms with Crippen molar-refractivity contribution in [2.45, 2.75) is 77.0 Å². The number of carboxylic acids is 1. The average Bonchev–Trinajstić information content (AvgIpc) is 3.24. The van der Waals surface area contributed by atoms with Crippen molar-refractivity contribution in [3.8, 4) is 5.75 Å². The Hall–Kier alpha value is -2.75. The largest absolute Gasteiger partial charge is 0.490 e. The zero-order valence-electron chi connectivity index (χ0n) is 22.1. The molecule has 1 N–H and O–H groups in total. The fraction of sp³-hybridized carbons (Fsp3) is 0.552. The van der Waals surface area contributed by atoms with E-state index in [2.05, 4.69) is 6.92 Å². The summed E-state index contributed by atoms with van der Waals surface area (Å²) in [6.07, 6.45) is -6.25. The molecule has 4 rings (SSSR count). The van der Waals surface area contributed by atoms with Gasteiger partial charge in [-0.3, -0.25) is 9.69 Å². The number of nitrogens with zero attached hydrogens (tertiary/aromatic N) is 1. The summed E-state index contributed by atoms with van der Waals surface area (Å²) in [5.74, 6) is -0.306. The van der Waals surface area contributed by atoms with Gasteiger partial charge in [-0.2, -0.15) is 26.3 Å². The number of aryl methyl sites for hydroxylation is 1. The Balaban J connectivity index is 1.46. The molecule has 1 heterocycles. The van der Waals surface area contributed by atoms with Crippen molar-refractivity contribution in [3.05, 3.63) is 64.2 Å². The highest BCUT2D eigenvalue weighted by Gasteiger charge is 2.42. The van der Waals surface area contributed by atoms with Gasteiger partial charge in [0.05, 0.1) is 17.0 Å². The van der Waals surface area contributed by atoms with E-state index in [9.17, 15) is 36.2 Å². The molecule has 1 aliphatic heterocycles. The SMILES string of the molecule is CC(Cc1ccc2c(c1)OC(C1CC(N(C)Cc3cc(C(F)(F)F)ccc3C(F)(F)F)CC1C)CC2)C(=O)O. The maximum absolute atomic E-state index is 13.6. The Morgan fingerprint density at radius 1 is 1.08 bits per heavy atom. The van der Waals surface area contributed by atoms with E-state index in [1.165, 1.54) is 0 Å². The van der Waals surface area contributed by atoms with Gasteiger partial charge in [0.2, 0.25) is 0 Å². The lowest BCUT2D eigenvalue weighted by Gasteiger charge is -2.33. The molecule has 10 heteroatoms. The molecule has 1 aliphatic carbocycles. The first-order chi connectivity index (χ1) is 18.1. The van der Waals surface area contributed by atoms with Crippen LogP contribution in [-0.4, -0.2) is 35.2 Å². The summed E-state index contributed by atoms with van der Waals surface area (Å²) in [5.41, 5.74) is -0.598. The number of benzene rings is 2. The van der Waals surface area contributed by atoms with Crippen molar-refractivity contribution < 1.29 is 41.0 Å². The molecule has 0 amide bonds. The van der Waals surface area contributed by atoms with E-state index >= 15 is 0 Å². The Labute approximate surface area is 224 Å². The van der Waals surface area contributed by atoms with E-state index in [0.29, 0.717) is 37.5 Å². The van der Waals surface area contributed by atoms with Crippen LogP contribution in [-0.2, 0) is 36.5 Å². The quantitative estimate of drug-likeness (QED) is 0.365. The van der Waals surface area contributed by atoms with Crippen LogP contribution in [0.1, 0.15) is 60.9 Å². The monoisotopic (exact) mass is 557 g/mol. The van der Waals surface area contributed by atoms with E-state index in [1.54, 1.807) is 18.9 Å². The summed E-state index contributed by atoms with van der Waals surface area (Å²) >= 11 is 0. The van der Waals surface area contributed by atoms with E-state index in [4.69, 9.17) is 4.74 Å². The first-order valence-corrected chi connectivity index (χ1v) is 13.1. The molecule has 1 fully saturated rings. The summed E-state index contributed by atoms with van der Waals surface area (Å²) in [6, 6.07) is 7.30. The molecule has 4 nitrogen and oxygen atoms in total. The van der Waals surface area contributed by atoms with Crippen LogP contribution in [0.15, 0.2) is 36.4 Å². The van der Waals surface area contributed by atoms with Crippen LogP contribution in [0.4, 0.5) is 26.3 Å². The highest BCUT2D eigenvalue weighted by Crippen LogP contribution is 2.43. The third kappa shape index (κ3) is 6.70. The van der Waals surface area contributed by atoms with Crippen molar-refractivity contribution in [1.82, 2.24) is 4.90 Å². The van der Waals surface area contributed by atoms with Crippen molar-refractivity contribution >= 4 is 5.97 Å². The lowest BCUT2D eigenvalue weighted by atomic mass is 9.86. The first-order valence-electron chi connectivity index (χ1n) is 13.1. The van der Waals surface area contributed by atoms with Gasteiger partial charge in [0, 0.05) is 12.6 Å². The molecule has 2 aliphatic rings. The van der Waals surface area contributed by atoms with Crippen LogP contribution in [0.25, 0.3) is 0 Å². The van der Waals surface area contributed by atoms with Crippen LogP contribution < -0.4 is 4.74 Å². The Morgan fingerprint density at radius 3 is 2.44 bits per heavy atom.